The zero-order valence-corrected chi connectivity index (χ0v) is 16.9. The normalized spacial score (nSPS) is 26.5. The lowest BCUT2D eigenvalue weighted by atomic mass is 9.85. The van der Waals surface area contributed by atoms with Crippen molar-refractivity contribution in [1.29, 1.82) is 0 Å². The fraction of sp³-hybridized carbons (Fsp3) is 0.636. The summed E-state index contributed by atoms with van der Waals surface area (Å²) in [7, 11) is 0. The quantitative estimate of drug-likeness (QED) is 0.711. The molecule has 3 aliphatic rings. The van der Waals surface area contributed by atoms with Gasteiger partial charge in [-0.05, 0) is 64.7 Å². The van der Waals surface area contributed by atoms with E-state index in [0.29, 0.717) is 43.1 Å². The summed E-state index contributed by atoms with van der Waals surface area (Å²) in [5, 5.41) is 0. The van der Waals surface area contributed by atoms with E-state index in [1.807, 2.05) is 43.9 Å². The lowest BCUT2D eigenvalue weighted by Crippen LogP contribution is -2.49. The molecule has 1 aromatic carbocycles. The Bertz CT molecular complexity index is 755. The monoisotopic (exact) mass is 387 g/mol. The van der Waals surface area contributed by atoms with E-state index in [0.717, 1.165) is 19.3 Å². The third-order valence-corrected chi connectivity index (χ3v) is 5.74. The van der Waals surface area contributed by atoms with Gasteiger partial charge in [-0.2, -0.15) is 0 Å². The maximum atomic E-state index is 13.2. The average molecular weight is 387 g/mol. The molecule has 6 heteroatoms. The van der Waals surface area contributed by atoms with Crippen LogP contribution in [0.5, 0.6) is 11.5 Å². The minimum absolute atomic E-state index is 0.0686. The Morgan fingerprint density at radius 1 is 1.04 bits per heavy atom. The second-order valence-corrected chi connectivity index (χ2v) is 9.02. The molecule has 6 nitrogen and oxygen atoms in total. The highest BCUT2D eigenvalue weighted by Gasteiger charge is 2.46. The highest BCUT2D eigenvalue weighted by molar-refractivity contribution is 5.98. The van der Waals surface area contributed by atoms with E-state index < -0.39 is 5.60 Å². The topological polar surface area (TPSA) is 65.1 Å². The van der Waals surface area contributed by atoms with E-state index in [9.17, 15) is 9.59 Å². The molecule has 2 unspecified atom stereocenters. The first-order valence-corrected chi connectivity index (χ1v) is 10.3. The molecule has 0 spiro atoms. The summed E-state index contributed by atoms with van der Waals surface area (Å²) in [5.74, 6) is 1.42. The van der Waals surface area contributed by atoms with Gasteiger partial charge in [0.15, 0.2) is 17.3 Å². The minimum Gasteiger partial charge on any atom is -0.490 e. The molecule has 2 atom stereocenters. The largest absolute Gasteiger partial charge is 0.490 e. The van der Waals surface area contributed by atoms with Crippen LogP contribution in [0.1, 0.15) is 63.2 Å². The third kappa shape index (κ3) is 3.82. The number of carbonyl (C=O) groups is 2. The molecule has 3 heterocycles. The number of piperidine rings is 1. The van der Waals surface area contributed by atoms with Crippen molar-refractivity contribution in [3.05, 3.63) is 23.8 Å². The van der Waals surface area contributed by atoms with Crippen LogP contribution in [0.15, 0.2) is 18.2 Å². The number of nitrogens with zero attached hydrogens (tertiary/aromatic N) is 1. The first-order chi connectivity index (χ1) is 13.3. The molecule has 0 aliphatic carbocycles. The molecule has 2 bridgehead atoms. The highest BCUT2D eigenvalue weighted by Crippen LogP contribution is 2.41. The minimum atomic E-state index is -0.507. The van der Waals surface area contributed by atoms with Gasteiger partial charge in [0.2, 0.25) is 0 Å². The molecular formula is C22H29NO5. The second kappa shape index (κ2) is 7.30. The Morgan fingerprint density at radius 2 is 1.68 bits per heavy atom. The van der Waals surface area contributed by atoms with Crippen molar-refractivity contribution in [2.75, 3.05) is 13.2 Å². The van der Waals surface area contributed by atoms with Gasteiger partial charge in [0.1, 0.15) is 5.60 Å². The number of Topliss-reactive ketones (excluding diaryl/α,β-unsaturated/α-hetero) is 1. The van der Waals surface area contributed by atoms with Crippen LogP contribution >= 0.6 is 0 Å². The predicted octanol–water partition coefficient (Wildman–Crippen LogP) is 4.21. The van der Waals surface area contributed by atoms with Gasteiger partial charge in [-0.25, -0.2) is 4.79 Å². The van der Waals surface area contributed by atoms with E-state index in [1.165, 1.54) is 0 Å². The molecular weight excluding hydrogens is 358 g/mol. The van der Waals surface area contributed by atoms with Gasteiger partial charge in [0.05, 0.1) is 13.2 Å². The lowest BCUT2D eigenvalue weighted by Gasteiger charge is -2.39. The first-order valence-electron chi connectivity index (χ1n) is 10.3. The van der Waals surface area contributed by atoms with E-state index >= 15 is 0 Å². The standard InChI is InChI=1S/C22H29NO5/c1-22(2,3)28-21(25)23-16-6-7-17(23)12-15(11-16)20(24)14-5-8-18-19(13-14)27-10-4-9-26-18/h5,8,13,15-17H,4,6-7,9-12H2,1-3H3. The summed E-state index contributed by atoms with van der Waals surface area (Å²) in [6.07, 6.45) is 3.86. The number of amides is 1. The maximum absolute atomic E-state index is 13.2. The van der Waals surface area contributed by atoms with Crippen LogP contribution in [0, 0.1) is 5.92 Å². The Labute approximate surface area is 166 Å². The van der Waals surface area contributed by atoms with Crippen molar-refractivity contribution < 1.29 is 23.8 Å². The van der Waals surface area contributed by atoms with Crippen molar-refractivity contribution in [3.8, 4) is 11.5 Å². The maximum Gasteiger partial charge on any atom is 0.410 e. The van der Waals surface area contributed by atoms with Crippen molar-refractivity contribution in [2.24, 2.45) is 5.92 Å². The van der Waals surface area contributed by atoms with Crippen LogP contribution < -0.4 is 9.47 Å². The molecule has 4 rings (SSSR count). The number of rotatable bonds is 2. The van der Waals surface area contributed by atoms with Crippen molar-refractivity contribution in [1.82, 2.24) is 4.90 Å². The molecule has 0 saturated carbocycles. The molecule has 152 valence electrons. The number of ketones is 1. The second-order valence-electron chi connectivity index (χ2n) is 9.02. The van der Waals surface area contributed by atoms with E-state index in [1.54, 1.807) is 0 Å². The summed E-state index contributed by atoms with van der Waals surface area (Å²) >= 11 is 0. The van der Waals surface area contributed by atoms with Crippen molar-refractivity contribution in [2.45, 2.75) is 70.6 Å². The van der Waals surface area contributed by atoms with E-state index in [4.69, 9.17) is 14.2 Å². The zero-order chi connectivity index (χ0) is 19.9. The number of hydrogen-bond donors (Lipinski definition) is 0. The van der Waals surface area contributed by atoms with Crippen molar-refractivity contribution >= 4 is 11.9 Å². The number of ether oxygens (including phenoxy) is 3. The van der Waals surface area contributed by atoms with Gasteiger partial charge in [-0.1, -0.05) is 0 Å². The fourth-order valence-electron chi connectivity index (χ4n) is 4.56. The summed E-state index contributed by atoms with van der Waals surface area (Å²) in [5.41, 5.74) is 0.159. The van der Waals surface area contributed by atoms with Gasteiger partial charge in [-0.15, -0.1) is 0 Å². The van der Waals surface area contributed by atoms with E-state index in [2.05, 4.69) is 0 Å². The molecule has 0 radical (unpaired) electrons. The molecule has 2 fully saturated rings. The van der Waals surface area contributed by atoms with Crippen LogP contribution in [0.3, 0.4) is 0 Å². The molecule has 0 aromatic heterocycles. The number of benzene rings is 1. The van der Waals surface area contributed by atoms with Crippen LogP contribution in [0.25, 0.3) is 0 Å². The van der Waals surface area contributed by atoms with E-state index in [-0.39, 0.29) is 29.9 Å². The number of fused-ring (bicyclic) bond motifs is 3. The number of carbonyl (C=O) groups excluding carboxylic acids is 2. The van der Waals surface area contributed by atoms with Crippen LogP contribution in [-0.4, -0.2) is 47.7 Å². The van der Waals surface area contributed by atoms with Gasteiger partial charge < -0.3 is 19.1 Å². The highest BCUT2D eigenvalue weighted by atomic mass is 16.6. The Morgan fingerprint density at radius 3 is 2.32 bits per heavy atom. The van der Waals surface area contributed by atoms with Crippen molar-refractivity contribution in [3.63, 3.8) is 0 Å². The molecule has 1 amide bonds. The molecule has 3 aliphatic heterocycles. The average Bonchev–Trinajstić information content (AvgIpc) is 2.81. The summed E-state index contributed by atoms with van der Waals surface area (Å²) in [6.45, 7) is 6.88. The summed E-state index contributed by atoms with van der Waals surface area (Å²) < 4.78 is 17.0. The zero-order valence-electron chi connectivity index (χ0n) is 16.9. The van der Waals surface area contributed by atoms with Crippen LogP contribution in [0.4, 0.5) is 4.79 Å². The molecule has 2 saturated heterocycles. The Hall–Kier alpha value is -2.24. The fourth-order valence-corrected chi connectivity index (χ4v) is 4.56. The summed E-state index contributed by atoms with van der Waals surface area (Å²) in [4.78, 5) is 27.6. The molecule has 0 N–H and O–H groups in total. The smallest absolute Gasteiger partial charge is 0.410 e. The van der Waals surface area contributed by atoms with Gasteiger partial charge in [0, 0.05) is 30.0 Å². The molecule has 1 aromatic rings. The van der Waals surface area contributed by atoms with Gasteiger partial charge in [0.25, 0.3) is 0 Å². The predicted molar refractivity (Wildman–Crippen MR) is 104 cm³/mol. The first kappa shape index (κ1) is 19.1. The molecule has 28 heavy (non-hydrogen) atoms. The Kier molecular flexibility index (Phi) is 4.98. The van der Waals surface area contributed by atoms with Gasteiger partial charge >= 0.3 is 6.09 Å². The van der Waals surface area contributed by atoms with Crippen LogP contribution in [0.2, 0.25) is 0 Å². The third-order valence-electron chi connectivity index (χ3n) is 5.74. The van der Waals surface area contributed by atoms with Gasteiger partial charge in [-0.3, -0.25) is 4.79 Å². The van der Waals surface area contributed by atoms with Crippen LogP contribution in [-0.2, 0) is 4.74 Å². The Balaban J connectivity index is 1.47. The lowest BCUT2D eigenvalue weighted by molar-refractivity contribution is 0.00254. The number of hydrogen-bond acceptors (Lipinski definition) is 5. The SMILES string of the molecule is CC(C)(C)OC(=O)N1C2CCC1CC(C(=O)c1ccc3c(c1)OCCCO3)C2. The summed E-state index contributed by atoms with van der Waals surface area (Å²) in [6, 6.07) is 5.65.